The molecule has 1 N–H and O–H groups in total. The van der Waals surface area contributed by atoms with E-state index in [0.717, 1.165) is 47.0 Å². The molecule has 0 atom stereocenters. The molecule has 0 spiro atoms. The molecule has 1 saturated heterocycles. The SMILES string of the molecule is CC[NH+]1CCN(c2cc(C)nc3c4c(C)cc(C)nc4nn23)CC1. The highest BCUT2D eigenvalue weighted by Crippen LogP contribution is 2.26. The zero-order valence-electron chi connectivity index (χ0n) is 14.9. The van der Waals surface area contributed by atoms with Crippen LogP contribution in [0.2, 0.25) is 0 Å². The van der Waals surface area contributed by atoms with Crippen LogP contribution in [0.25, 0.3) is 16.7 Å². The Kier molecular flexibility index (Phi) is 3.64. The number of nitrogens with zero attached hydrogens (tertiary/aromatic N) is 5. The van der Waals surface area contributed by atoms with Gasteiger partial charge in [-0.15, -0.1) is 5.10 Å². The van der Waals surface area contributed by atoms with Crippen molar-refractivity contribution in [3.63, 3.8) is 0 Å². The summed E-state index contributed by atoms with van der Waals surface area (Å²) in [6, 6.07) is 4.26. The van der Waals surface area contributed by atoms with Crippen molar-refractivity contribution in [1.29, 1.82) is 0 Å². The highest BCUT2D eigenvalue weighted by Gasteiger charge is 2.23. The van der Waals surface area contributed by atoms with Crippen LogP contribution in [0.1, 0.15) is 23.9 Å². The van der Waals surface area contributed by atoms with Crippen molar-refractivity contribution in [2.24, 2.45) is 0 Å². The molecule has 0 amide bonds. The van der Waals surface area contributed by atoms with Gasteiger partial charge in [0.1, 0.15) is 5.82 Å². The van der Waals surface area contributed by atoms with Gasteiger partial charge >= 0.3 is 0 Å². The van der Waals surface area contributed by atoms with Crippen molar-refractivity contribution in [3.8, 4) is 0 Å². The normalized spacial score (nSPS) is 16.4. The van der Waals surface area contributed by atoms with Gasteiger partial charge in [0.05, 0.1) is 38.1 Å². The maximum atomic E-state index is 4.79. The Morgan fingerprint density at radius 3 is 2.46 bits per heavy atom. The van der Waals surface area contributed by atoms with E-state index in [2.05, 4.69) is 42.8 Å². The van der Waals surface area contributed by atoms with E-state index < -0.39 is 0 Å². The molecule has 6 nitrogen and oxygen atoms in total. The first kappa shape index (κ1) is 15.3. The van der Waals surface area contributed by atoms with Gasteiger partial charge in [-0.1, -0.05) is 0 Å². The lowest BCUT2D eigenvalue weighted by Gasteiger charge is -2.33. The predicted molar refractivity (Wildman–Crippen MR) is 95.9 cm³/mol. The molecule has 1 fully saturated rings. The highest BCUT2D eigenvalue weighted by atomic mass is 15.4. The van der Waals surface area contributed by atoms with E-state index in [0.29, 0.717) is 0 Å². The first-order valence-corrected chi connectivity index (χ1v) is 8.79. The molecule has 0 saturated carbocycles. The fraction of sp³-hybridized carbons (Fsp3) is 0.500. The van der Waals surface area contributed by atoms with Gasteiger partial charge in [-0.2, -0.15) is 4.52 Å². The van der Waals surface area contributed by atoms with Crippen LogP contribution in [-0.2, 0) is 0 Å². The van der Waals surface area contributed by atoms with Crippen LogP contribution < -0.4 is 9.80 Å². The van der Waals surface area contributed by atoms with Crippen molar-refractivity contribution in [2.45, 2.75) is 27.7 Å². The van der Waals surface area contributed by atoms with Crippen molar-refractivity contribution >= 4 is 22.5 Å². The number of piperazine rings is 1. The largest absolute Gasteiger partial charge is 0.345 e. The van der Waals surface area contributed by atoms with E-state index in [1.54, 1.807) is 4.90 Å². The van der Waals surface area contributed by atoms with E-state index in [1.807, 2.05) is 11.4 Å². The Labute approximate surface area is 142 Å². The van der Waals surface area contributed by atoms with Crippen molar-refractivity contribution < 1.29 is 4.90 Å². The van der Waals surface area contributed by atoms with Crippen LogP contribution in [-0.4, -0.2) is 52.3 Å². The molecule has 24 heavy (non-hydrogen) atoms. The summed E-state index contributed by atoms with van der Waals surface area (Å²) in [4.78, 5) is 13.5. The summed E-state index contributed by atoms with van der Waals surface area (Å²) < 4.78 is 1.99. The first-order chi connectivity index (χ1) is 11.6. The summed E-state index contributed by atoms with van der Waals surface area (Å²) in [6.45, 7) is 14.1. The number of anilines is 1. The van der Waals surface area contributed by atoms with Crippen LogP contribution in [0.15, 0.2) is 12.1 Å². The molecule has 126 valence electrons. The molecule has 6 heteroatoms. The van der Waals surface area contributed by atoms with Gasteiger partial charge in [0.2, 0.25) is 0 Å². The molecule has 0 aliphatic carbocycles. The quantitative estimate of drug-likeness (QED) is 0.761. The zero-order valence-corrected chi connectivity index (χ0v) is 14.9. The monoisotopic (exact) mass is 325 g/mol. The second-order valence-corrected chi connectivity index (χ2v) is 6.86. The summed E-state index contributed by atoms with van der Waals surface area (Å²) in [7, 11) is 0. The zero-order chi connectivity index (χ0) is 16.8. The summed E-state index contributed by atoms with van der Waals surface area (Å²) >= 11 is 0. The van der Waals surface area contributed by atoms with E-state index in [4.69, 9.17) is 10.1 Å². The molecular weight excluding hydrogens is 300 g/mol. The molecule has 0 bridgehead atoms. The van der Waals surface area contributed by atoms with Gasteiger partial charge in [-0.05, 0) is 39.3 Å². The maximum absolute atomic E-state index is 4.79. The number of aryl methyl sites for hydroxylation is 3. The van der Waals surface area contributed by atoms with Gasteiger partial charge in [0.25, 0.3) is 0 Å². The molecule has 3 aromatic heterocycles. The molecular formula is C18H25N6+. The minimum atomic E-state index is 0.796. The van der Waals surface area contributed by atoms with E-state index in [9.17, 15) is 0 Å². The lowest BCUT2D eigenvalue weighted by molar-refractivity contribution is -0.898. The lowest BCUT2D eigenvalue weighted by atomic mass is 10.2. The molecule has 4 rings (SSSR count). The summed E-state index contributed by atoms with van der Waals surface area (Å²) in [5.41, 5.74) is 4.95. The number of likely N-dealkylation sites (N-methyl/N-ethyl adjacent to an activating group) is 1. The fourth-order valence-electron chi connectivity index (χ4n) is 3.75. The average molecular weight is 325 g/mol. The minimum Gasteiger partial charge on any atom is -0.345 e. The van der Waals surface area contributed by atoms with Crippen LogP contribution in [0.3, 0.4) is 0 Å². The maximum Gasteiger partial charge on any atom is 0.184 e. The van der Waals surface area contributed by atoms with Crippen LogP contribution in [0.5, 0.6) is 0 Å². The molecule has 1 aliphatic heterocycles. The van der Waals surface area contributed by atoms with Crippen molar-refractivity contribution in [3.05, 3.63) is 29.1 Å². The minimum absolute atomic E-state index is 0.796. The molecule has 0 unspecified atom stereocenters. The lowest BCUT2D eigenvalue weighted by Crippen LogP contribution is -3.14. The van der Waals surface area contributed by atoms with Gasteiger partial charge in [0, 0.05) is 17.5 Å². The van der Waals surface area contributed by atoms with Crippen LogP contribution in [0, 0.1) is 20.8 Å². The standard InChI is InChI=1S/C18H24N6/c1-5-22-6-8-23(9-7-22)15-11-14(4)20-18-16-12(2)10-13(3)19-17(16)21-24(15)18/h10-11H,5-9H2,1-4H3/p+1. The Bertz CT molecular complexity index is 905. The Balaban J connectivity index is 1.88. The van der Waals surface area contributed by atoms with Crippen molar-refractivity contribution in [1.82, 2.24) is 19.6 Å². The molecule has 3 aromatic rings. The Morgan fingerprint density at radius 1 is 1.04 bits per heavy atom. The third-order valence-electron chi connectivity index (χ3n) is 5.08. The summed E-state index contributed by atoms with van der Waals surface area (Å²) in [6.07, 6.45) is 0. The van der Waals surface area contributed by atoms with Crippen molar-refractivity contribution in [2.75, 3.05) is 37.6 Å². The molecule has 0 aromatic carbocycles. The third-order valence-corrected chi connectivity index (χ3v) is 5.08. The van der Waals surface area contributed by atoms with Crippen LogP contribution in [0.4, 0.5) is 5.82 Å². The molecule has 1 aliphatic rings. The number of quaternary nitrogens is 1. The number of fused-ring (bicyclic) bond motifs is 3. The Morgan fingerprint density at radius 2 is 1.75 bits per heavy atom. The molecule has 0 radical (unpaired) electrons. The summed E-state index contributed by atoms with van der Waals surface area (Å²) in [5.74, 6) is 1.14. The second kappa shape index (κ2) is 5.70. The smallest absolute Gasteiger partial charge is 0.184 e. The second-order valence-electron chi connectivity index (χ2n) is 6.86. The number of hydrogen-bond donors (Lipinski definition) is 1. The van der Waals surface area contributed by atoms with Gasteiger partial charge in [-0.3, -0.25) is 0 Å². The number of pyridine rings is 1. The number of nitrogens with one attached hydrogen (secondary N) is 1. The highest BCUT2D eigenvalue weighted by molar-refractivity contribution is 5.93. The number of hydrogen-bond acceptors (Lipinski definition) is 4. The van der Waals surface area contributed by atoms with Gasteiger partial charge in [-0.25, -0.2) is 9.97 Å². The first-order valence-electron chi connectivity index (χ1n) is 8.79. The van der Waals surface area contributed by atoms with Crippen LogP contribution >= 0.6 is 0 Å². The third kappa shape index (κ3) is 2.41. The average Bonchev–Trinajstić information content (AvgIpc) is 2.92. The summed E-state index contributed by atoms with van der Waals surface area (Å²) in [5, 5.41) is 5.86. The predicted octanol–water partition coefficient (Wildman–Crippen LogP) is 0.928. The van der Waals surface area contributed by atoms with Gasteiger partial charge < -0.3 is 9.80 Å². The van der Waals surface area contributed by atoms with E-state index in [-0.39, 0.29) is 0 Å². The molecule has 4 heterocycles. The number of rotatable bonds is 2. The number of aromatic nitrogens is 4. The van der Waals surface area contributed by atoms with E-state index >= 15 is 0 Å². The van der Waals surface area contributed by atoms with Gasteiger partial charge in [0.15, 0.2) is 11.3 Å². The Hall–Kier alpha value is -2.21. The topological polar surface area (TPSA) is 50.8 Å². The fourth-order valence-corrected chi connectivity index (χ4v) is 3.75. The van der Waals surface area contributed by atoms with E-state index in [1.165, 1.54) is 25.2 Å².